The Labute approximate surface area is 154 Å². The van der Waals surface area contributed by atoms with Crippen LogP contribution in [-0.4, -0.2) is 42.2 Å². The zero-order valence-corrected chi connectivity index (χ0v) is 15.4. The van der Waals surface area contributed by atoms with Crippen LogP contribution in [0.15, 0.2) is 29.4 Å². The number of hydrogen-bond acceptors (Lipinski definition) is 9. The minimum atomic E-state index is 0.199. The van der Waals surface area contributed by atoms with Crippen LogP contribution >= 0.6 is 11.8 Å². The molecule has 0 aliphatic carbocycles. The van der Waals surface area contributed by atoms with Gasteiger partial charge in [-0.25, -0.2) is 9.36 Å². The van der Waals surface area contributed by atoms with Gasteiger partial charge in [0.2, 0.25) is 5.16 Å². The number of rotatable bonds is 9. The van der Waals surface area contributed by atoms with E-state index in [0.717, 1.165) is 24.5 Å². The third-order valence-electron chi connectivity index (χ3n) is 3.52. The van der Waals surface area contributed by atoms with E-state index in [4.69, 9.17) is 15.3 Å². The Kier molecular flexibility index (Phi) is 5.89. The second-order valence-corrected chi connectivity index (χ2v) is 6.29. The maximum Gasteiger partial charge on any atom is 0.210 e. The lowest BCUT2D eigenvalue weighted by molar-refractivity contribution is 0.289. The van der Waals surface area contributed by atoms with Gasteiger partial charge in [0.05, 0.1) is 12.9 Å². The lowest BCUT2D eigenvalue weighted by Gasteiger charge is -2.07. The molecular weight excluding hydrogens is 356 g/mol. The van der Waals surface area contributed by atoms with Crippen molar-refractivity contribution >= 4 is 11.8 Å². The smallest absolute Gasteiger partial charge is 0.210 e. The van der Waals surface area contributed by atoms with E-state index in [0.29, 0.717) is 22.5 Å². The third-order valence-corrected chi connectivity index (χ3v) is 4.46. The fourth-order valence-electron chi connectivity index (χ4n) is 2.18. The number of nitrogens with zero attached hydrogens (tertiary/aromatic N) is 7. The van der Waals surface area contributed by atoms with E-state index in [2.05, 4.69) is 32.6 Å². The first kappa shape index (κ1) is 18.0. The number of nitrogens with two attached hydrogens (primary N) is 1. The summed E-state index contributed by atoms with van der Waals surface area (Å²) in [5.41, 5.74) is 0. The Morgan fingerprint density at radius 1 is 1.15 bits per heavy atom. The fourth-order valence-corrected chi connectivity index (χ4v) is 2.99. The number of ether oxygens (including phenoxy) is 2. The molecule has 0 saturated carbocycles. The molecular formula is C15H20N8O2S. The molecule has 0 bridgehead atoms. The standard InChI is InChI=1S/C15H20N8O2S/c1-3-7-22-14(18-20-21-22)10-26-15-19-17-13(23(15)16)9-25-12-6-4-5-11(8-12)24-2/h4-6,8H,3,7,9-10,16H2,1-2H3. The summed E-state index contributed by atoms with van der Waals surface area (Å²) in [7, 11) is 1.61. The molecule has 138 valence electrons. The summed E-state index contributed by atoms with van der Waals surface area (Å²) in [6.45, 7) is 3.05. The molecule has 3 rings (SSSR count). The number of benzene rings is 1. The zero-order chi connectivity index (χ0) is 18.4. The predicted molar refractivity (Wildman–Crippen MR) is 95.2 cm³/mol. The van der Waals surface area contributed by atoms with Crippen molar-refractivity contribution in [3.63, 3.8) is 0 Å². The minimum absolute atomic E-state index is 0.199. The average Bonchev–Trinajstić information content (AvgIpc) is 3.25. The van der Waals surface area contributed by atoms with Crippen LogP contribution in [0.1, 0.15) is 25.0 Å². The normalized spacial score (nSPS) is 10.8. The summed E-state index contributed by atoms with van der Waals surface area (Å²) >= 11 is 1.42. The molecule has 0 atom stereocenters. The molecule has 0 aliphatic heterocycles. The van der Waals surface area contributed by atoms with Crippen molar-refractivity contribution in [2.24, 2.45) is 0 Å². The second-order valence-electron chi connectivity index (χ2n) is 5.34. The third kappa shape index (κ3) is 4.23. The van der Waals surface area contributed by atoms with E-state index >= 15 is 0 Å². The van der Waals surface area contributed by atoms with Crippen molar-refractivity contribution in [2.45, 2.75) is 37.4 Å². The van der Waals surface area contributed by atoms with E-state index < -0.39 is 0 Å². The van der Waals surface area contributed by atoms with Crippen LogP contribution in [0.2, 0.25) is 0 Å². The van der Waals surface area contributed by atoms with Gasteiger partial charge in [-0.15, -0.1) is 15.3 Å². The van der Waals surface area contributed by atoms with Gasteiger partial charge in [0.15, 0.2) is 11.6 Å². The molecule has 26 heavy (non-hydrogen) atoms. The maximum atomic E-state index is 6.07. The molecule has 0 radical (unpaired) electrons. The van der Waals surface area contributed by atoms with Gasteiger partial charge in [-0.05, 0) is 29.0 Å². The molecule has 2 N–H and O–H groups in total. The van der Waals surface area contributed by atoms with Gasteiger partial charge in [0, 0.05) is 12.6 Å². The lowest BCUT2D eigenvalue weighted by Crippen LogP contribution is -2.16. The van der Waals surface area contributed by atoms with Crippen molar-refractivity contribution in [3.05, 3.63) is 35.9 Å². The van der Waals surface area contributed by atoms with Gasteiger partial charge >= 0.3 is 0 Å². The molecule has 1 aromatic carbocycles. The van der Waals surface area contributed by atoms with Gasteiger partial charge < -0.3 is 15.3 Å². The summed E-state index contributed by atoms with van der Waals surface area (Å²) in [5.74, 6) is 9.30. The van der Waals surface area contributed by atoms with Crippen molar-refractivity contribution in [1.29, 1.82) is 0 Å². The Morgan fingerprint density at radius 3 is 2.81 bits per heavy atom. The Balaban J connectivity index is 1.59. The number of nitrogen functional groups attached to an aromatic ring is 1. The highest BCUT2D eigenvalue weighted by molar-refractivity contribution is 7.98. The van der Waals surface area contributed by atoms with Crippen LogP contribution in [0.5, 0.6) is 11.5 Å². The zero-order valence-electron chi connectivity index (χ0n) is 14.6. The highest BCUT2D eigenvalue weighted by Gasteiger charge is 2.13. The first-order valence-corrected chi connectivity index (χ1v) is 9.04. The van der Waals surface area contributed by atoms with Crippen molar-refractivity contribution in [2.75, 3.05) is 13.0 Å². The van der Waals surface area contributed by atoms with Gasteiger partial charge in [0.25, 0.3) is 0 Å². The van der Waals surface area contributed by atoms with E-state index in [1.54, 1.807) is 17.9 Å². The Morgan fingerprint density at radius 2 is 2.00 bits per heavy atom. The molecule has 0 unspecified atom stereocenters. The topological polar surface area (TPSA) is 119 Å². The Bertz CT molecular complexity index is 850. The highest BCUT2D eigenvalue weighted by atomic mass is 32.2. The van der Waals surface area contributed by atoms with Crippen LogP contribution in [0.25, 0.3) is 0 Å². The number of hydrogen-bond donors (Lipinski definition) is 1. The fraction of sp³-hybridized carbons (Fsp3) is 0.400. The SMILES string of the molecule is CCCn1nnnc1CSc1nnc(COc2cccc(OC)c2)n1N. The average molecular weight is 376 g/mol. The summed E-state index contributed by atoms with van der Waals surface area (Å²) < 4.78 is 14.1. The molecule has 0 amide bonds. The van der Waals surface area contributed by atoms with E-state index in [1.807, 2.05) is 18.2 Å². The molecule has 0 fully saturated rings. The Hall–Kier alpha value is -2.82. The minimum Gasteiger partial charge on any atom is -0.497 e. The molecule has 0 aliphatic rings. The molecule has 10 nitrogen and oxygen atoms in total. The number of methoxy groups -OCH3 is 1. The molecule has 0 spiro atoms. The molecule has 2 heterocycles. The van der Waals surface area contributed by atoms with Gasteiger partial charge in [-0.3, -0.25) is 0 Å². The largest absolute Gasteiger partial charge is 0.497 e. The van der Waals surface area contributed by atoms with E-state index in [-0.39, 0.29) is 6.61 Å². The summed E-state index contributed by atoms with van der Waals surface area (Å²) in [5, 5.41) is 20.4. The second kappa shape index (κ2) is 8.52. The lowest BCUT2D eigenvalue weighted by atomic mass is 10.3. The summed E-state index contributed by atoms with van der Waals surface area (Å²) in [4.78, 5) is 0. The van der Waals surface area contributed by atoms with E-state index in [1.165, 1.54) is 16.4 Å². The number of aromatic nitrogens is 7. The number of tetrazole rings is 1. The van der Waals surface area contributed by atoms with Gasteiger partial charge in [-0.2, -0.15) is 0 Å². The molecule has 11 heteroatoms. The molecule has 2 aromatic heterocycles. The van der Waals surface area contributed by atoms with Crippen molar-refractivity contribution in [1.82, 2.24) is 35.1 Å². The summed E-state index contributed by atoms with van der Waals surface area (Å²) in [6.07, 6.45) is 0.960. The summed E-state index contributed by atoms with van der Waals surface area (Å²) in [6, 6.07) is 7.33. The number of thioether (sulfide) groups is 1. The first-order chi connectivity index (χ1) is 12.7. The monoisotopic (exact) mass is 376 g/mol. The van der Waals surface area contributed by atoms with Crippen molar-refractivity contribution < 1.29 is 9.47 Å². The van der Waals surface area contributed by atoms with Crippen LogP contribution < -0.4 is 15.3 Å². The maximum absolute atomic E-state index is 6.07. The molecule has 0 saturated heterocycles. The van der Waals surface area contributed by atoms with Crippen LogP contribution in [0.4, 0.5) is 0 Å². The van der Waals surface area contributed by atoms with E-state index in [9.17, 15) is 0 Å². The highest BCUT2D eigenvalue weighted by Crippen LogP contribution is 2.21. The molecule has 3 aromatic rings. The predicted octanol–water partition coefficient (Wildman–Crippen LogP) is 1.27. The van der Waals surface area contributed by atoms with Gasteiger partial charge in [-0.1, -0.05) is 24.8 Å². The quantitative estimate of drug-likeness (QED) is 0.435. The first-order valence-electron chi connectivity index (χ1n) is 8.05. The van der Waals surface area contributed by atoms with Gasteiger partial charge in [0.1, 0.15) is 18.1 Å². The van der Waals surface area contributed by atoms with Crippen LogP contribution in [0.3, 0.4) is 0 Å². The van der Waals surface area contributed by atoms with Crippen LogP contribution in [0, 0.1) is 0 Å². The van der Waals surface area contributed by atoms with Crippen LogP contribution in [-0.2, 0) is 18.9 Å². The number of aryl methyl sites for hydroxylation is 1. The van der Waals surface area contributed by atoms with Crippen molar-refractivity contribution in [3.8, 4) is 11.5 Å².